The van der Waals surface area contributed by atoms with Crippen molar-refractivity contribution in [3.63, 3.8) is 0 Å². The van der Waals surface area contributed by atoms with Gasteiger partial charge in [0.2, 0.25) is 0 Å². The van der Waals surface area contributed by atoms with Crippen LogP contribution < -0.4 is 0 Å². The van der Waals surface area contributed by atoms with Crippen molar-refractivity contribution in [2.75, 3.05) is 13.2 Å². The van der Waals surface area contributed by atoms with Crippen molar-refractivity contribution < 1.29 is 14.3 Å². The van der Waals surface area contributed by atoms with Crippen LogP contribution in [0.1, 0.15) is 42.6 Å². The summed E-state index contributed by atoms with van der Waals surface area (Å²) in [5.41, 5.74) is 2.44. The van der Waals surface area contributed by atoms with Crippen LogP contribution in [-0.2, 0) is 15.1 Å². The highest BCUT2D eigenvalue weighted by Gasteiger charge is 2.50. The van der Waals surface area contributed by atoms with Crippen molar-refractivity contribution in [2.45, 2.75) is 32.3 Å². The van der Waals surface area contributed by atoms with E-state index in [4.69, 9.17) is 4.74 Å². The first-order chi connectivity index (χ1) is 13.5. The fraction of sp³-hybridized carbons (Fsp3) is 0.333. The highest BCUT2D eigenvalue weighted by Crippen LogP contribution is 2.48. The lowest BCUT2D eigenvalue weighted by Gasteiger charge is -2.36. The van der Waals surface area contributed by atoms with Crippen LogP contribution >= 0.6 is 0 Å². The molecule has 0 aromatic heterocycles. The van der Waals surface area contributed by atoms with Gasteiger partial charge in [-0.1, -0.05) is 62.4 Å². The molecule has 0 aliphatic carbocycles. The molecule has 2 aliphatic rings. The van der Waals surface area contributed by atoms with Crippen LogP contribution in [0, 0.1) is 5.92 Å². The standard InChI is InChI=1S/C24H25NO3/c1-17(2)15-24(20-11-7-4-8-12-20)21-19(16-28-24)13-14-25(23(21)27)22(26)18-9-5-3-6-10-18/h3-12,17H,13-16H2,1-2H3. The number of hydrogen-bond donors (Lipinski definition) is 0. The first-order valence-electron chi connectivity index (χ1n) is 9.86. The third-order valence-electron chi connectivity index (χ3n) is 5.55. The van der Waals surface area contributed by atoms with E-state index in [1.165, 1.54) is 4.90 Å². The number of amides is 2. The minimum atomic E-state index is -0.780. The van der Waals surface area contributed by atoms with Gasteiger partial charge in [0, 0.05) is 12.1 Å². The van der Waals surface area contributed by atoms with Crippen LogP contribution in [0.3, 0.4) is 0 Å². The molecule has 2 aliphatic heterocycles. The summed E-state index contributed by atoms with van der Waals surface area (Å²) in [5.74, 6) is -0.118. The van der Waals surface area contributed by atoms with Gasteiger partial charge in [0.05, 0.1) is 12.2 Å². The van der Waals surface area contributed by atoms with Crippen molar-refractivity contribution in [3.8, 4) is 0 Å². The van der Waals surface area contributed by atoms with Crippen LogP contribution in [-0.4, -0.2) is 29.9 Å². The minimum absolute atomic E-state index is 0.211. The maximum Gasteiger partial charge on any atom is 0.260 e. The van der Waals surface area contributed by atoms with Gasteiger partial charge in [0.15, 0.2) is 0 Å². The lowest BCUT2D eigenvalue weighted by atomic mass is 9.77. The molecule has 2 aromatic carbocycles. The summed E-state index contributed by atoms with van der Waals surface area (Å²) >= 11 is 0. The van der Waals surface area contributed by atoms with E-state index in [-0.39, 0.29) is 11.8 Å². The van der Waals surface area contributed by atoms with E-state index in [0.29, 0.717) is 43.0 Å². The van der Waals surface area contributed by atoms with Crippen LogP contribution in [0.4, 0.5) is 0 Å². The fourth-order valence-corrected chi connectivity index (χ4v) is 4.36. The average molecular weight is 375 g/mol. The highest BCUT2D eigenvalue weighted by atomic mass is 16.5. The van der Waals surface area contributed by atoms with E-state index in [2.05, 4.69) is 13.8 Å². The number of hydrogen-bond acceptors (Lipinski definition) is 3. The van der Waals surface area contributed by atoms with Gasteiger partial charge in [-0.15, -0.1) is 0 Å². The van der Waals surface area contributed by atoms with Gasteiger partial charge < -0.3 is 4.74 Å². The van der Waals surface area contributed by atoms with Gasteiger partial charge in [-0.25, -0.2) is 0 Å². The van der Waals surface area contributed by atoms with Crippen LogP contribution in [0.2, 0.25) is 0 Å². The Kier molecular flexibility index (Phi) is 4.90. The zero-order valence-corrected chi connectivity index (χ0v) is 16.4. The summed E-state index contributed by atoms with van der Waals surface area (Å²) < 4.78 is 6.36. The van der Waals surface area contributed by atoms with Gasteiger partial charge in [-0.3, -0.25) is 14.5 Å². The Hall–Kier alpha value is -2.72. The lowest BCUT2D eigenvalue weighted by molar-refractivity contribution is -0.128. The molecule has 1 atom stereocenters. The number of nitrogens with zero attached hydrogens (tertiary/aromatic N) is 1. The summed E-state index contributed by atoms with van der Waals surface area (Å²) in [6.45, 7) is 5.12. The molecule has 4 heteroatoms. The Morgan fingerprint density at radius 2 is 1.71 bits per heavy atom. The zero-order valence-electron chi connectivity index (χ0n) is 16.4. The van der Waals surface area contributed by atoms with Gasteiger partial charge in [0.25, 0.3) is 11.8 Å². The summed E-state index contributed by atoms with van der Waals surface area (Å²) in [6.07, 6.45) is 1.38. The normalized spacial score (nSPS) is 22.0. The smallest absolute Gasteiger partial charge is 0.260 e. The number of rotatable bonds is 4. The molecular formula is C24H25NO3. The maximum atomic E-state index is 13.6. The predicted octanol–water partition coefficient (Wildman–Crippen LogP) is 4.33. The molecule has 0 saturated carbocycles. The molecule has 2 heterocycles. The molecule has 4 nitrogen and oxygen atoms in total. The highest BCUT2D eigenvalue weighted by molar-refractivity contribution is 6.12. The quantitative estimate of drug-likeness (QED) is 0.748. The molecule has 0 spiro atoms. The van der Waals surface area contributed by atoms with E-state index in [1.54, 1.807) is 12.1 Å². The molecule has 0 N–H and O–H groups in total. The molecule has 0 fully saturated rings. The van der Waals surface area contributed by atoms with Crippen molar-refractivity contribution in [1.82, 2.24) is 4.90 Å². The molecule has 4 rings (SSSR count). The van der Waals surface area contributed by atoms with Gasteiger partial charge in [-0.05, 0) is 42.0 Å². The second-order valence-electron chi connectivity index (χ2n) is 7.94. The van der Waals surface area contributed by atoms with Crippen molar-refractivity contribution in [2.24, 2.45) is 5.92 Å². The SMILES string of the molecule is CC(C)CC1(c2ccccc2)OCC2=C1C(=O)N(C(=O)c1ccccc1)CC2. The molecule has 144 valence electrons. The number of ether oxygens (including phenoxy) is 1. The number of benzene rings is 2. The Bertz CT molecular complexity index is 917. The summed E-state index contributed by atoms with van der Waals surface area (Å²) in [5, 5.41) is 0. The molecule has 2 aromatic rings. The minimum Gasteiger partial charge on any atom is -0.361 e. The molecule has 0 bridgehead atoms. The molecule has 28 heavy (non-hydrogen) atoms. The monoisotopic (exact) mass is 375 g/mol. The van der Waals surface area contributed by atoms with Crippen LogP contribution in [0.25, 0.3) is 0 Å². The van der Waals surface area contributed by atoms with E-state index >= 15 is 0 Å². The fourth-order valence-electron chi connectivity index (χ4n) is 4.36. The van der Waals surface area contributed by atoms with E-state index in [1.807, 2.05) is 48.5 Å². The van der Waals surface area contributed by atoms with Crippen LogP contribution in [0.5, 0.6) is 0 Å². The number of carbonyl (C=O) groups excluding carboxylic acids is 2. The van der Waals surface area contributed by atoms with Crippen molar-refractivity contribution in [3.05, 3.63) is 82.9 Å². The second kappa shape index (κ2) is 7.36. The third kappa shape index (κ3) is 3.08. The molecular weight excluding hydrogens is 350 g/mol. The first-order valence-corrected chi connectivity index (χ1v) is 9.86. The zero-order chi connectivity index (χ0) is 19.7. The van der Waals surface area contributed by atoms with Gasteiger partial charge >= 0.3 is 0 Å². The molecule has 0 radical (unpaired) electrons. The number of carbonyl (C=O) groups is 2. The van der Waals surface area contributed by atoms with Crippen molar-refractivity contribution in [1.29, 1.82) is 0 Å². The molecule has 2 amide bonds. The average Bonchev–Trinajstić information content (AvgIpc) is 3.09. The summed E-state index contributed by atoms with van der Waals surface area (Å²) in [4.78, 5) is 28.0. The van der Waals surface area contributed by atoms with Crippen molar-refractivity contribution >= 4 is 11.8 Å². The van der Waals surface area contributed by atoms with Gasteiger partial charge in [-0.2, -0.15) is 0 Å². The topological polar surface area (TPSA) is 46.6 Å². The lowest BCUT2D eigenvalue weighted by Crippen LogP contribution is -2.46. The van der Waals surface area contributed by atoms with Gasteiger partial charge in [0.1, 0.15) is 5.60 Å². The largest absolute Gasteiger partial charge is 0.361 e. The molecule has 0 saturated heterocycles. The van der Waals surface area contributed by atoms with E-state index < -0.39 is 5.60 Å². The third-order valence-corrected chi connectivity index (χ3v) is 5.55. The Morgan fingerprint density at radius 3 is 2.36 bits per heavy atom. The van der Waals surface area contributed by atoms with Crippen LogP contribution in [0.15, 0.2) is 71.8 Å². The Morgan fingerprint density at radius 1 is 1.07 bits per heavy atom. The maximum absolute atomic E-state index is 13.6. The Balaban J connectivity index is 1.75. The first kappa shape index (κ1) is 18.6. The summed E-state index contributed by atoms with van der Waals surface area (Å²) in [6, 6.07) is 18.9. The molecule has 1 unspecified atom stereocenters. The van der Waals surface area contributed by atoms with E-state index in [0.717, 1.165) is 11.1 Å². The van der Waals surface area contributed by atoms with E-state index in [9.17, 15) is 9.59 Å². The number of imide groups is 1. The predicted molar refractivity (Wildman–Crippen MR) is 108 cm³/mol. The Labute approximate surface area is 165 Å². The second-order valence-corrected chi connectivity index (χ2v) is 7.94. The summed E-state index contributed by atoms with van der Waals surface area (Å²) in [7, 11) is 0.